The van der Waals surface area contributed by atoms with Crippen LogP contribution in [0, 0.1) is 11.8 Å². The smallest absolute Gasteiger partial charge is 0.237 e. The van der Waals surface area contributed by atoms with E-state index in [1.807, 2.05) is 11.8 Å². The lowest BCUT2D eigenvalue weighted by molar-refractivity contribution is -0.126. The number of fused-ring (bicyclic) bond motifs is 1. The summed E-state index contributed by atoms with van der Waals surface area (Å²) in [7, 11) is 2.09. The molecule has 4 rings (SSSR count). The lowest BCUT2D eigenvalue weighted by Crippen LogP contribution is -2.58. The number of carbonyl (C=O) groups is 1. The van der Waals surface area contributed by atoms with E-state index in [1.54, 1.807) is 0 Å². The van der Waals surface area contributed by atoms with Gasteiger partial charge in [0.25, 0.3) is 0 Å². The van der Waals surface area contributed by atoms with E-state index in [9.17, 15) is 9.18 Å². The standard InChI is InChI=1S/C21H38FN5OS/c1-13(29-21-26-23-12-27(21)2)15-7-9-16(22)19(11-15)25-20(28)18-10-8-14-5-3-4-6-17(14)24-18/h13-19,21,23-24,26H,3-12H2,1-2H3,(H,25,28). The quantitative estimate of drug-likeness (QED) is 0.540. The maximum absolute atomic E-state index is 14.7. The van der Waals surface area contributed by atoms with E-state index in [0.717, 1.165) is 38.3 Å². The number of amides is 1. The van der Waals surface area contributed by atoms with Gasteiger partial charge in [-0.15, -0.1) is 11.8 Å². The molecule has 2 heterocycles. The van der Waals surface area contributed by atoms with Gasteiger partial charge in [0, 0.05) is 11.3 Å². The molecule has 8 heteroatoms. The Labute approximate surface area is 178 Å². The Hall–Kier alpha value is -0.410. The van der Waals surface area contributed by atoms with Gasteiger partial charge in [0.15, 0.2) is 0 Å². The highest BCUT2D eigenvalue weighted by atomic mass is 32.2. The van der Waals surface area contributed by atoms with Crippen LogP contribution in [0.2, 0.25) is 0 Å². The van der Waals surface area contributed by atoms with Gasteiger partial charge in [0.2, 0.25) is 5.91 Å². The highest BCUT2D eigenvalue weighted by Gasteiger charge is 2.39. The fourth-order valence-corrected chi connectivity index (χ4v) is 6.94. The third kappa shape index (κ3) is 5.26. The molecule has 0 aromatic carbocycles. The first kappa shape index (κ1) is 21.8. The number of hydrogen-bond acceptors (Lipinski definition) is 6. The van der Waals surface area contributed by atoms with E-state index in [1.165, 1.54) is 25.7 Å². The zero-order valence-electron chi connectivity index (χ0n) is 17.8. The maximum atomic E-state index is 14.7. The molecule has 166 valence electrons. The van der Waals surface area contributed by atoms with Crippen molar-refractivity contribution in [2.75, 3.05) is 13.7 Å². The van der Waals surface area contributed by atoms with Crippen molar-refractivity contribution in [3.63, 3.8) is 0 Å². The normalized spacial score (nSPS) is 42.2. The van der Waals surface area contributed by atoms with Crippen LogP contribution in [0.4, 0.5) is 4.39 Å². The Morgan fingerprint density at radius 3 is 2.79 bits per heavy atom. The third-order valence-electron chi connectivity index (χ3n) is 7.56. The predicted octanol–water partition coefficient (Wildman–Crippen LogP) is 2.32. The Kier molecular flexibility index (Phi) is 7.38. The number of hydrazine groups is 1. The monoisotopic (exact) mass is 427 g/mol. The zero-order valence-corrected chi connectivity index (χ0v) is 18.6. The van der Waals surface area contributed by atoms with Crippen molar-refractivity contribution in [1.82, 2.24) is 26.4 Å². The molecule has 1 amide bonds. The van der Waals surface area contributed by atoms with E-state index in [-0.39, 0.29) is 23.5 Å². The minimum Gasteiger partial charge on any atom is -0.349 e. The molecule has 6 nitrogen and oxygen atoms in total. The van der Waals surface area contributed by atoms with E-state index < -0.39 is 6.17 Å². The van der Waals surface area contributed by atoms with Crippen LogP contribution in [0.5, 0.6) is 0 Å². The van der Waals surface area contributed by atoms with E-state index in [0.29, 0.717) is 23.6 Å². The molecule has 4 fully saturated rings. The molecule has 0 bridgehead atoms. The molecule has 2 saturated carbocycles. The molecule has 0 aromatic rings. The van der Waals surface area contributed by atoms with Crippen molar-refractivity contribution >= 4 is 17.7 Å². The van der Waals surface area contributed by atoms with Crippen LogP contribution in [-0.2, 0) is 4.79 Å². The lowest BCUT2D eigenvalue weighted by atomic mass is 9.77. The number of hydrogen-bond donors (Lipinski definition) is 4. The number of alkyl halides is 1. The van der Waals surface area contributed by atoms with Gasteiger partial charge in [-0.3, -0.25) is 9.69 Å². The molecule has 4 N–H and O–H groups in total. The number of rotatable bonds is 5. The van der Waals surface area contributed by atoms with Crippen LogP contribution in [0.15, 0.2) is 0 Å². The molecule has 0 radical (unpaired) electrons. The first-order chi connectivity index (χ1) is 14.0. The van der Waals surface area contributed by atoms with Crippen LogP contribution >= 0.6 is 11.8 Å². The van der Waals surface area contributed by atoms with Gasteiger partial charge in [-0.2, -0.15) is 0 Å². The van der Waals surface area contributed by atoms with Gasteiger partial charge in [0.1, 0.15) is 11.7 Å². The number of carbonyl (C=O) groups excluding carboxylic acids is 1. The van der Waals surface area contributed by atoms with E-state index in [4.69, 9.17) is 0 Å². The fourth-order valence-electron chi connectivity index (χ4n) is 5.63. The summed E-state index contributed by atoms with van der Waals surface area (Å²) in [5.41, 5.74) is 6.69. The summed E-state index contributed by atoms with van der Waals surface area (Å²) >= 11 is 1.89. The van der Waals surface area contributed by atoms with Gasteiger partial charge < -0.3 is 10.6 Å². The Morgan fingerprint density at radius 2 is 2.00 bits per heavy atom. The molecule has 0 aromatic heterocycles. The van der Waals surface area contributed by atoms with Gasteiger partial charge in [-0.05, 0) is 63.8 Å². The molecule has 29 heavy (non-hydrogen) atoms. The van der Waals surface area contributed by atoms with Crippen molar-refractivity contribution in [2.24, 2.45) is 11.8 Å². The van der Waals surface area contributed by atoms with E-state index in [2.05, 4.69) is 40.4 Å². The summed E-state index contributed by atoms with van der Waals surface area (Å²) < 4.78 is 14.7. The summed E-state index contributed by atoms with van der Waals surface area (Å²) in [6, 6.07) is -0.00632. The van der Waals surface area contributed by atoms with Crippen LogP contribution in [0.1, 0.15) is 64.7 Å². The first-order valence-electron chi connectivity index (χ1n) is 11.6. The number of piperidine rings is 1. The Bertz CT molecular complexity index is 569. The number of halogens is 1. The van der Waals surface area contributed by atoms with Gasteiger partial charge >= 0.3 is 0 Å². The summed E-state index contributed by atoms with van der Waals surface area (Å²) in [5.74, 6) is 1.18. The van der Waals surface area contributed by atoms with Crippen molar-refractivity contribution in [1.29, 1.82) is 0 Å². The number of thioether (sulfide) groups is 1. The average molecular weight is 428 g/mol. The van der Waals surface area contributed by atoms with E-state index >= 15 is 0 Å². The minimum absolute atomic E-state index is 0.0176. The summed E-state index contributed by atoms with van der Waals surface area (Å²) in [6.45, 7) is 3.07. The molecule has 4 aliphatic rings. The second-order valence-electron chi connectivity index (χ2n) is 9.58. The lowest BCUT2D eigenvalue weighted by Gasteiger charge is -2.41. The van der Waals surface area contributed by atoms with Crippen LogP contribution in [0.25, 0.3) is 0 Å². The number of nitrogens with zero attached hydrogens (tertiary/aromatic N) is 1. The summed E-state index contributed by atoms with van der Waals surface area (Å²) in [4.78, 5) is 15.1. The van der Waals surface area contributed by atoms with Gasteiger partial charge in [-0.25, -0.2) is 15.2 Å². The third-order valence-corrected chi connectivity index (χ3v) is 9.11. The Balaban J connectivity index is 1.28. The molecule has 2 aliphatic carbocycles. The molecular weight excluding hydrogens is 389 g/mol. The second-order valence-corrected chi connectivity index (χ2v) is 11.0. The van der Waals surface area contributed by atoms with Crippen molar-refractivity contribution < 1.29 is 9.18 Å². The van der Waals surface area contributed by atoms with Crippen molar-refractivity contribution in [2.45, 2.75) is 99.8 Å². The fraction of sp³-hybridized carbons (Fsp3) is 0.952. The van der Waals surface area contributed by atoms with Crippen LogP contribution < -0.4 is 21.5 Å². The SMILES string of the molecule is CC(SC1NNCN1C)C1CCC(F)C(NC(=O)C2CCC3CCCCC3N2)C1. The molecule has 8 atom stereocenters. The highest BCUT2D eigenvalue weighted by Crippen LogP contribution is 2.36. The van der Waals surface area contributed by atoms with Crippen molar-refractivity contribution in [3.05, 3.63) is 0 Å². The Morgan fingerprint density at radius 1 is 1.17 bits per heavy atom. The summed E-state index contributed by atoms with van der Waals surface area (Å²) in [5, 5.41) is 7.10. The molecule has 0 spiro atoms. The predicted molar refractivity (Wildman–Crippen MR) is 116 cm³/mol. The maximum Gasteiger partial charge on any atom is 0.237 e. The first-order valence-corrected chi connectivity index (χ1v) is 12.5. The topological polar surface area (TPSA) is 68.4 Å². The molecular formula is C21H38FN5OS. The van der Waals surface area contributed by atoms with Crippen LogP contribution in [-0.4, -0.2) is 59.6 Å². The largest absolute Gasteiger partial charge is 0.349 e. The average Bonchev–Trinajstić information content (AvgIpc) is 3.13. The summed E-state index contributed by atoms with van der Waals surface area (Å²) in [6.07, 6.45) is 8.34. The highest BCUT2D eigenvalue weighted by molar-refractivity contribution is 8.00. The van der Waals surface area contributed by atoms with Crippen LogP contribution in [0.3, 0.4) is 0 Å². The van der Waals surface area contributed by atoms with Gasteiger partial charge in [-0.1, -0.05) is 19.8 Å². The molecule has 2 saturated heterocycles. The molecule has 2 aliphatic heterocycles. The number of nitrogens with one attached hydrogen (secondary N) is 4. The molecule has 8 unspecified atom stereocenters. The minimum atomic E-state index is -0.924. The van der Waals surface area contributed by atoms with Crippen molar-refractivity contribution in [3.8, 4) is 0 Å². The zero-order chi connectivity index (χ0) is 20.4. The van der Waals surface area contributed by atoms with Gasteiger partial charge in [0.05, 0.1) is 18.8 Å². The second kappa shape index (κ2) is 9.81.